The van der Waals surface area contributed by atoms with Crippen LogP contribution < -0.4 is 16.0 Å². The predicted molar refractivity (Wildman–Crippen MR) is 140 cm³/mol. The van der Waals surface area contributed by atoms with Crippen molar-refractivity contribution in [3.63, 3.8) is 0 Å². The third kappa shape index (κ3) is 7.83. The van der Waals surface area contributed by atoms with Crippen molar-refractivity contribution >= 4 is 35.1 Å². The molecular formula is C27H31N5O4. The zero-order valence-electron chi connectivity index (χ0n) is 20.5. The van der Waals surface area contributed by atoms with E-state index in [1.807, 2.05) is 31.2 Å². The molecule has 9 nitrogen and oxygen atoms in total. The Bertz CT molecular complexity index is 1180. The molecule has 0 spiro atoms. The number of carboxylic acid groups (broad SMARTS) is 1. The van der Waals surface area contributed by atoms with Gasteiger partial charge in [-0.15, -0.1) is 0 Å². The van der Waals surface area contributed by atoms with Gasteiger partial charge in [0.1, 0.15) is 5.69 Å². The van der Waals surface area contributed by atoms with Crippen molar-refractivity contribution in [2.24, 2.45) is 0 Å². The molecule has 4 N–H and O–H groups in total. The third-order valence-electron chi connectivity index (χ3n) is 5.47. The lowest BCUT2D eigenvalue weighted by Crippen LogP contribution is -2.35. The second-order valence-corrected chi connectivity index (χ2v) is 8.41. The van der Waals surface area contributed by atoms with Gasteiger partial charge in [0.05, 0.1) is 11.4 Å². The topological polar surface area (TPSA) is 124 Å². The van der Waals surface area contributed by atoms with Gasteiger partial charge in [-0.2, -0.15) is 0 Å². The van der Waals surface area contributed by atoms with Crippen molar-refractivity contribution < 1.29 is 19.5 Å². The van der Waals surface area contributed by atoms with Gasteiger partial charge in [-0.3, -0.25) is 15.1 Å². The Balaban J connectivity index is 1.67. The molecule has 3 rings (SSSR count). The van der Waals surface area contributed by atoms with E-state index in [0.717, 1.165) is 36.1 Å². The van der Waals surface area contributed by atoms with Gasteiger partial charge >= 0.3 is 12.1 Å². The number of hydrogen-bond acceptors (Lipinski definition) is 4. The number of para-hydroxylation sites is 2. The number of amides is 4. The smallest absolute Gasteiger partial charge is 0.409 e. The monoisotopic (exact) mass is 489 g/mol. The highest BCUT2D eigenvalue weighted by Crippen LogP contribution is 2.21. The summed E-state index contributed by atoms with van der Waals surface area (Å²) in [5, 5.41) is 16.8. The molecule has 0 bridgehead atoms. The van der Waals surface area contributed by atoms with E-state index in [2.05, 4.69) is 27.9 Å². The van der Waals surface area contributed by atoms with E-state index in [-0.39, 0.29) is 17.4 Å². The third-order valence-corrected chi connectivity index (χ3v) is 5.47. The molecule has 0 radical (unpaired) electrons. The van der Waals surface area contributed by atoms with Crippen molar-refractivity contribution in [3.8, 4) is 0 Å². The Morgan fingerprint density at radius 1 is 0.889 bits per heavy atom. The SMILES string of the molecule is CCCCCN(Cc1ccc(C(=O)Nc2ccccc2NC(=O)O)nc1)C(=O)Nc1ccc(C)cc1. The minimum atomic E-state index is -1.23. The molecule has 4 amide bonds. The van der Waals surface area contributed by atoms with Crippen molar-refractivity contribution in [2.75, 3.05) is 22.5 Å². The molecule has 0 saturated carbocycles. The number of aromatic nitrogens is 1. The summed E-state index contributed by atoms with van der Waals surface area (Å²) in [5.41, 5.74) is 3.39. The molecule has 3 aromatic rings. The first-order valence-corrected chi connectivity index (χ1v) is 11.8. The molecule has 1 heterocycles. The van der Waals surface area contributed by atoms with Crippen LogP contribution in [-0.4, -0.2) is 39.6 Å². The second kappa shape index (κ2) is 12.9. The van der Waals surface area contributed by atoms with Gasteiger partial charge in [-0.1, -0.05) is 55.7 Å². The number of benzene rings is 2. The first-order chi connectivity index (χ1) is 17.4. The van der Waals surface area contributed by atoms with Crippen LogP contribution in [0.3, 0.4) is 0 Å². The lowest BCUT2D eigenvalue weighted by molar-refractivity contribution is 0.102. The van der Waals surface area contributed by atoms with E-state index in [9.17, 15) is 14.4 Å². The van der Waals surface area contributed by atoms with E-state index >= 15 is 0 Å². The number of urea groups is 1. The summed E-state index contributed by atoms with van der Waals surface area (Å²) in [6.45, 7) is 5.05. The molecule has 0 aliphatic carbocycles. The highest BCUT2D eigenvalue weighted by Gasteiger charge is 2.16. The molecule has 1 aromatic heterocycles. The maximum absolute atomic E-state index is 13.0. The fourth-order valence-corrected chi connectivity index (χ4v) is 3.52. The van der Waals surface area contributed by atoms with Crippen molar-refractivity contribution in [2.45, 2.75) is 39.7 Å². The van der Waals surface area contributed by atoms with Gasteiger partial charge in [0.25, 0.3) is 5.91 Å². The van der Waals surface area contributed by atoms with Crippen LogP contribution in [0.4, 0.5) is 26.7 Å². The average Bonchev–Trinajstić information content (AvgIpc) is 2.86. The summed E-state index contributed by atoms with van der Waals surface area (Å²) >= 11 is 0. The summed E-state index contributed by atoms with van der Waals surface area (Å²) in [7, 11) is 0. The molecule has 0 atom stereocenters. The van der Waals surface area contributed by atoms with Crippen LogP contribution in [0.25, 0.3) is 0 Å². The van der Waals surface area contributed by atoms with E-state index in [0.29, 0.717) is 18.8 Å². The predicted octanol–water partition coefficient (Wildman–Crippen LogP) is 5.96. The lowest BCUT2D eigenvalue weighted by Gasteiger charge is -2.23. The molecular weight excluding hydrogens is 458 g/mol. The molecule has 36 heavy (non-hydrogen) atoms. The standard InChI is InChI=1S/C27H31N5O4/c1-3-4-7-16-32(26(34)29-21-13-10-19(2)11-14-21)18-20-12-15-24(28-17-20)25(33)30-22-8-5-6-9-23(22)31-27(35)36/h5-6,8-15,17,31H,3-4,7,16,18H2,1-2H3,(H,29,34)(H,30,33)(H,35,36). The summed E-state index contributed by atoms with van der Waals surface area (Å²) in [5.74, 6) is -0.474. The second-order valence-electron chi connectivity index (χ2n) is 8.41. The Morgan fingerprint density at radius 2 is 1.58 bits per heavy atom. The van der Waals surface area contributed by atoms with Crippen LogP contribution in [0.1, 0.15) is 47.8 Å². The largest absolute Gasteiger partial charge is 0.465 e. The molecule has 0 aliphatic rings. The summed E-state index contributed by atoms with van der Waals surface area (Å²) in [6, 6.07) is 17.3. The first kappa shape index (κ1) is 26.2. The molecule has 0 saturated heterocycles. The number of rotatable bonds is 10. The Labute approximate surface area is 210 Å². The van der Waals surface area contributed by atoms with Gasteiger partial charge in [0.2, 0.25) is 0 Å². The van der Waals surface area contributed by atoms with Gasteiger partial charge < -0.3 is 20.6 Å². The van der Waals surface area contributed by atoms with Gasteiger partial charge in [0, 0.05) is 25.0 Å². The van der Waals surface area contributed by atoms with Crippen LogP contribution >= 0.6 is 0 Å². The maximum Gasteiger partial charge on any atom is 0.409 e. The maximum atomic E-state index is 13.0. The number of carbonyl (C=O) groups excluding carboxylic acids is 2. The number of anilines is 3. The Morgan fingerprint density at radius 3 is 2.19 bits per heavy atom. The highest BCUT2D eigenvalue weighted by molar-refractivity contribution is 6.05. The van der Waals surface area contributed by atoms with E-state index < -0.39 is 12.0 Å². The quantitative estimate of drug-likeness (QED) is 0.262. The Kier molecular flexibility index (Phi) is 9.39. The van der Waals surface area contributed by atoms with Crippen LogP contribution in [0.5, 0.6) is 0 Å². The van der Waals surface area contributed by atoms with Crippen LogP contribution in [-0.2, 0) is 6.54 Å². The van der Waals surface area contributed by atoms with Gasteiger partial charge in [0.15, 0.2) is 0 Å². The number of nitrogens with one attached hydrogen (secondary N) is 3. The van der Waals surface area contributed by atoms with Gasteiger partial charge in [-0.05, 0) is 49.2 Å². The summed E-state index contributed by atoms with van der Waals surface area (Å²) < 4.78 is 0. The number of aryl methyl sites for hydroxylation is 1. The average molecular weight is 490 g/mol. The number of nitrogens with zero attached hydrogens (tertiary/aromatic N) is 2. The normalized spacial score (nSPS) is 10.4. The number of hydrogen-bond donors (Lipinski definition) is 4. The van der Waals surface area contributed by atoms with Crippen molar-refractivity contribution in [1.29, 1.82) is 0 Å². The minimum Gasteiger partial charge on any atom is -0.465 e. The molecule has 0 aliphatic heterocycles. The molecule has 188 valence electrons. The van der Waals surface area contributed by atoms with E-state index in [4.69, 9.17) is 5.11 Å². The lowest BCUT2D eigenvalue weighted by atomic mass is 10.2. The molecule has 0 unspecified atom stereocenters. The molecule has 2 aromatic carbocycles. The van der Waals surface area contributed by atoms with Crippen LogP contribution in [0.15, 0.2) is 66.9 Å². The van der Waals surface area contributed by atoms with Gasteiger partial charge in [-0.25, -0.2) is 9.59 Å². The fraction of sp³-hybridized carbons (Fsp3) is 0.259. The zero-order chi connectivity index (χ0) is 25.9. The van der Waals surface area contributed by atoms with E-state index in [1.54, 1.807) is 47.5 Å². The fourth-order valence-electron chi connectivity index (χ4n) is 3.52. The molecule has 9 heteroatoms. The minimum absolute atomic E-state index is 0.172. The molecule has 0 fully saturated rings. The van der Waals surface area contributed by atoms with E-state index in [1.165, 1.54) is 0 Å². The Hall–Kier alpha value is -4.40. The summed E-state index contributed by atoms with van der Waals surface area (Å²) in [6.07, 6.45) is 3.29. The van der Waals surface area contributed by atoms with Crippen molar-refractivity contribution in [1.82, 2.24) is 9.88 Å². The zero-order valence-corrected chi connectivity index (χ0v) is 20.5. The first-order valence-electron chi connectivity index (χ1n) is 11.8. The van der Waals surface area contributed by atoms with Crippen LogP contribution in [0.2, 0.25) is 0 Å². The highest BCUT2D eigenvalue weighted by atomic mass is 16.4. The van der Waals surface area contributed by atoms with Crippen LogP contribution in [0, 0.1) is 6.92 Å². The summed E-state index contributed by atoms with van der Waals surface area (Å²) in [4.78, 5) is 42.6. The number of pyridine rings is 1. The van der Waals surface area contributed by atoms with Crippen molar-refractivity contribution in [3.05, 3.63) is 83.7 Å². The number of unbranched alkanes of at least 4 members (excludes halogenated alkanes) is 2. The number of carbonyl (C=O) groups is 3.